The number of anilines is 1. The number of nitrogens with zero attached hydrogens (tertiary/aromatic N) is 1. The summed E-state index contributed by atoms with van der Waals surface area (Å²) in [5.74, 6) is -0.781. The van der Waals surface area contributed by atoms with Gasteiger partial charge < -0.3 is 5.73 Å². The lowest BCUT2D eigenvalue weighted by atomic mass is 10.2. The van der Waals surface area contributed by atoms with Crippen molar-refractivity contribution >= 4 is 15.7 Å². The Morgan fingerprint density at radius 2 is 2.00 bits per heavy atom. The van der Waals surface area contributed by atoms with Crippen LogP contribution in [0.4, 0.5) is 10.1 Å². The molecule has 2 N–H and O–H groups in total. The molecule has 0 aliphatic heterocycles. The SMILES string of the molecule is CCN(C1CCCC1)S(=O)(=O)c1c(N)cccc1F. The van der Waals surface area contributed by atoms with E-state index >= 15 is 0 Å². The average molecular weight is 286 g/mol. The zero-order valence-electron chi connectivity index (χ0n) is 11.0. The number of nitrogen functional groups attached to an aromatic ring is 1. The van der Waals surface area contributed by atoms with Crippen LogP contribution in [0.5, 0.6) is 0 Å². The van der Waals surface area contributed by atoms with E-state index in [9.17, 15) is 12.8 Å². The molecule has 0 amide bonds. The van der Waals surface area contributed by atoms with Gasteiger partial charge >= 0.3 is 0 Å². The fraction of sp³-hybridized carbons (Fsp3) is 0.538. The van der Waals surface area contributed by atoms with Gasteiger partial charge in [-0.3, -0.25) is 0 Å². The molecule has 1 aromatic carbocycles. The summed E-state index contributed by atoms with van der Waals surface area (Å²) in [7, 11) is -3.86. The monoisotopic (exact) mass is 286 g/mol. The second-order valence-electron chi connectivity index (χ2n) is 4.80. The normalized spacial score (nSPS) is 17.2. The van der Waals surface area contributed by atoms with E-state index < -0.39 is 15.8 Å². The molecule has 1 aliphatic rings. The van der Waals surface area contributed by atoms with Gasteiger partial charge in [-0.15, -0.1) is 0 Å². The molecule has 0 bridgehead atoms. The number of hydrogen-bond acceptors (Lipinski definition) is 3. The van der Waals surface area contributed by atoms with Gasteiger partial charge in [0, 0.05) is 12.6 Å². The fourth-order valence-electron chi connectivity index (χ4n) is 2.73. The van der Waals surface area contributed by atoms with E-state index in [-0.39, 0.29) is 16.6 Å². The van der Waals surface area contributed by atoms with Crippen LogP contribution < -0.4 is 5.73 Å². The Balaban J connectivity index is 2.45. The predicted octanol–water partition coefficient (Wildman–Crippen LogP) is 2.36. The zero-order chi connectivity index (χ0) is 14.0. The molecular weight excluding hydrogens is 267 g/mol. The molecule has 0 atom stereocenters. The maximum Gasteiger partial charge on any atom is 0.248 e. The van der Waals surface area contributed by atoms with Crippen LogP contribution in [0.1, 0.15) is 32.6 Å². The van der Waals surface area contributed by atoms with Crippen LogP contribution in [0, 0.1) is 5.82 Å². The highest BCUT2D eigenvalue weighted by Crippen LogP contribution is 2.31. The van der Waals surface area contributed by atoms with Crippen molar-refractivity contribution in [3.63, 3.8) is 0 Å². The minimum absolute atomic E-state index is 0.0311. The van der Waals surface area contributed by atoms with Gasteiger partial charge in [-0.2, -0.15) is 4.31 Å². The number of halogens is 1. The second-order valence-corrected chi connectivity index (χ2v) is 6.63. The summed E-state index contributed by atoms with van der Waals surface area (Å²) in [6.45, 7) is 2.10. The van der Waals surface area contributed by atoms with Gasteiger partial charge in [0.15, 0.2) is 0 Å². The summed E-state index contributed by atoms with van der Waals surface area (Å²) in [5, 5.41) is 0. The first-order valence-corrected chi connectivity index (χ1v) is 7.98. The molecule has 19 heavy (non-hydrogen) atoms. The van der Waals surface area contributed by atoms with Gasteiger partial charge in [-0.05, 0) is 25.0 Å². The molecule has 106 valence electrons. The summed E-state index contributed by atoms with van der Waals surface area (Å²) < 4.78 is 40.4. The van der Waals surface area contributed by atoms with Crippen molar-refractivity contribution in [2.45, 2.75) is 43.5 Å². The summed E-state index contributed by atoms with van der Waals surface area (Å²) in [5.41, 5.74) is 5.62. The van der Waals surface area contributed by atoms with E-state index in [0.29, 0.717) is 6.54 Å². The number of hydrogen-bond donors (Lipinski definition) is 1. The Bertz CT molecular complexity index is 534. The number of rotatable bonds is 4. The van der Waals surface area contributed by atoms with Gasteiger partial charge in [-0.1, -0.05) is 25.8 Å². The van der Waals surface area contributed by atoms with Gasteiger partial charge in [0.2, 0.25) is 10.0 Å². The van der Waals surface area contributed by atoms with Crippen molar-refractivity contribution in [2.75, 3.05) is 12.3 Å². The van der Waals surface area contributed by atoms with Gasteiger partial charge in [0.1, 0.15) is 10.7 Å². The lowest BCUT2D eigenvalue weighted by Gasteiger charge is -2.27. The molecule has 0 heterocycles. The Morgan fingerprint density at radius 1 is 1.37 bits per heavy atom. The molecule has 1 fully saturated rings. The highest BCUT2D eigenvalue weighted by molar-refractivity contribution is 7.89. The molecule has 4 nitrogen and oxygen atoms in total. The van der Waals surface area contributed by atoms with Crippen molar-refractivity contribution < 1.29 is 12.8 Å². The van der Waals surface area contributed by atoms with Crippen molar-refractivity contribution in [3.8, 4) is 0 Å². The zero-order valence-corrected chi connectivity index (χ0v) is 11.8. The van der Waals surface area contributed by atoms with Gasteiger partial charge in [0.05, 0.1) is 5.69 Å². The van der Waals surface area contributed by atoms with Crippen LogP contribution >= 0.6 is 0 Å². The molecule has 2 rings (SSSR count). The Labute approximate surface area is 113 Å². The number of nitrogens with two attached hydrogens (primary N) is 1. The van der Waals surface area contributed by atoms with E-state index in [1.54, 1.807) is 6.92 Å². The quantitative estimate of drug-likeness (QED) is 0.864. The molecule has 1 saturated carbocycles. The van der Waals surface area contributed by atoms with Crippen molar-refractivity contribution in [1.29, 1.82) is 0 Å². The maximum absolute atomic E-state index is 13.8. The molecule has 1 aromatic rings. The molecule has 1 aliphatic carbocycles. The van der Waals surface area contributed by atoms with Crippen LogP contribution in [-0.4, -0.2) is 25.3 Å². The van der Waals surface area contributed by atoms with Gasteiger partial charge in [-0.25, -0.2) is 12.8 Å². The van der Waals surface area contributed by atoms with Crippen molar-refractivity contribution in [2.24, 2.45) is 0 Å². The Kier molecular flexibility index (Phi) is 4.10. The predicted molar refractivity (Wildman–Crippen MR) is 72.6 cm³/mol. The third-order valence-electron chi connectivity index (χ3n) is 3.61. The first-order chi connectivity index (χ1) is 8.98. The maximum atomic E-state index is 13.8. The molecule has 0 saturated heterocycles. The summed E-state index contributed by atoms with van der Waals surface area (Å²) in [6, 6.07) is 3.92. The molecular formula is C13H19FN2O2S. The summed E-state index contributed by atoms with van der Waals surface area (Å²) in [6.07, 6.45) is 3.70. The van der Waals surface area contributed by atoms with Crippen LogP contribution in [-0.2, 0) is 10.0 Å². The standard InChI is InChI=1S/C13H19FN2O2S/c1-2-16(10-6-3-4-7-10)19(17,18)13-11(14)8-5-9-12(13)15/h5,8-10H,2-4,6-7,15H2,1H3. The van der Waals surface area contributed by atoms with Crippen molar-refractivity contribution in [1.82, 2.24) is 4.31 Å². The minimum atomic E-state index is -3.86. The van der Waals surface area contributed by atoms with E-state index in [4.69, 9.17) is 5.73 Å². The fourth-order valence-corrected chi connectivity index (χ4v) is 4.59. The molecule has 0 spiro atoms. The Hall–Kier alpha value is -1.14. The third-order valence-corrected chi connectivity index (χ3v) is 5.73. The topological polar surface area (TPSA) is 63.4 Å². The highest BCUT2D eigenvalue weighted by Gasteiger charge is 2.34. The minimum Gasteiger partial charge on any atom is -0.398 e. The second kappa shape index (κ2) is 5.46. The largest absolute Gasteiger partial charge is 0.398 e. The third kappa shape index (κ3) is 2.60. The van der Waals surface area contributed by atoms with E-state index in [1.807, 2.05) is 0 Å². The van der Waals surface area contributed by atoms with Crippen LogP contribution in [0.2, 0.25) is 0 Å². The van der Waals surface area contributed by atoms with E-state index in [2.05, 4.69) is 0 Å². The molecule has 0 unspecified atom stereocenters. The van der Waals surface area contributed by atoms with Crippen LogP contribution in [0.15, 0.2) is 23.1 Å². The first-order valence-electron chi connectivity index (χ1n) is 6.54. The first kappa shape index (κ1) is 14.3. The highest BCUT2D eigenvalue weighted by atomic mass is 32.2. The summed E-state index contributed by atoms with van der Waals surface area (Å²) in [4.78, 5) is -0.385. The van der Waals surface area contributed by atoms with Crippen LogP contribution in [0.25, 0.3) is 0 Å². The Morgan fingerprint density at radius 3 is 2.53 bits per heavy atom. The van der Waals surface area contributed by atoms with E-state index in [0.717, 1.165) is 31.7 Å². The average Bonchev–Trinajstić information content (AvgIpc) is 2.82. The number of benzene rings is 1. The molecule has 6 heteroatoms. The lowest BCUT2D eigenvalue weighted by Crippen LogP contribution is -2.39. The number of sulfonamides is 1. The molecule has 0 aromatic heterocycles. The smallest absolute Gasteiger partial charge is 0.248 e. The summed E-state index contributed by atoms with van der Waals surface area (Å²) >= 11 is 0. The molecule has 0 radical (unpaired) electrons. The van der Waals surface area contributed by atoms with Crippen LogP contribution in [0.3, 0.4) is 0 Å². The van der Waals surface area contributed by atoms with E-state index in [1.165, 1.54) is 16.4 Å². The van der Waals surface area contributed by atoms with Crippen molar-refractivity contribution in [3.05, 3.63) is 24.0 Å². The van der Waals surface area contributed by atoms with Gasteiger partial charge in [0.25, 0.3) is 0 Å². The lowest BCUT2D eigenvalue weighted by molar-refractivity contribution is 0.334.